The van der Waals surface area contributed by atoms with Gasteiger partial charge in [0.15, 0.2) is 0 Å². The topological polar surface area (TPSA) is 76.3 Å². The van der Waals surface area contributed by atoms with Crippen LogP contribution in [0.1, 0.15) is 17.3 Å². The van der Waals surface area contributed by atoms with Gasteiger partial charge in [-0.25, -0.2) is 0 Å². The number of primary amides is 1. The van der Waals surface area contributed by atoms with Gasteiger partial charge in [0.05, 0.1) is 16.5 Å². The lowest BCUT2D eigenvalue weighted by molar-refractivity contribution is -0.134. The van der Waals surface area contributed by atoms with E-state index < -0.39 is 5.41 Å². The van der Waals surface area contributed by atoms with Gasteiger partial charge in [-0.2, -0.15) is 0 Å². The van der Waals surface area contributed by atoms with Gasteiger partial charge in [-0.3, -0.25) is 14.6 Å². The van der Waals surface area contributed by atoms with Gasteiger partial charge < -0.3 is 10.6 Å². The summed E-state index contributed by atoms with van der Waals surface area (Å²) in [6.45, 7) is 2.46. The second kappa shape index (κ2) is 4.70. The molecule has 0 saturated carbocycles. The molecule has 1 aliphatic rings. The van der Waals surface area contributed by atoms with Crippen molar-refractivity contribution in [2.45, 2.75) is 6.92 Å². The lowest BCUT2D eigenvalue weighted by Crippen LogP contribution is -2.62. The van der Waals surface area contributed by atoms with Gasteiger partial charge in [-0.15, -0.1) is 0 Å². The molecular weight excluding hydrogens is 290 g/mol. The Morgan fingerprint density at radius 1 is 1.33 bits per heavy atom. The minimum Gasteiger partial charge on any atom is -0.369 e. The number of nitrogens with zero attached hydrogens (tertiary/aromatic N) is 2. The molecule has 2 aromatic rings. The molecule has 1 saturated heterocycles. The molecule has 0 spiro atoms. The Hall–Kier alpha value is -2.14. The highest BCUT2D eigenvalue weighted by Crippen LogP contribution is 2.32. The summed E-state index contributed by atoms with van der Waals surface area (Å²) in [5.41, 5.74) is 5.95. The fourth-order valence-corrected chi connectivity index (χ4v) is 2.74. The molecule has 0 aliphatic carbocycles. The number of carbonyl (C=O) groups excluding carboxylic acids is 2. The molecule has 1 aliphatic heterocycles. The molecule has 2 heterocycles. The summed E-state index contributed by atoms with van der Waals surface area (Å²) >= 11 is 5.94. The van der Waals surface area contributed by atoms with Crippen molar-refractivity contribution in [1.29, 1.82) is 0 Å². The van der Waals surface area contributed by atoms with E-state index in [-0.39, 0.29) is 11.8 Å². The summed E-state index contributed by atoms with van der Waals surface area (Å²) in [5, 5.41) is 1.32. The monoisotopic (exact) mass is 303 g/mol. The van der Waals surface area contributed by atoms with E-state index in [1.165, 1.54) is 0 Å². The van der Waals surface area contributed by atoms with E-state index in [2.05, 4.69) is 4.98 Å². The maximum atomic E-state index is 12.5. The normalized spacial score (nSPS) is 16.6. The molecular formula is C15H14ClN3O2. The number of hydrogen-bond donors (Lipinski definition) is 1. The zero-order valence-corrected chi connectivity index (χ0v) is 12.2. The van der Waals surface area contributed by atoms with E-state index in [0.29, 0.717) is 29.2 Å². The minimum atomic E-state index is -0.623. The molecule has 0 bridgehead atoms. The molecule has 1 aromatic heterocycles. The number of carbonyl (C=O) groups is 2. The average Bonchev–Trinajstić information content (AvgIpc) is 2.41. The molecule has 108 valence electrons. The molecule has 1 fully saturated rings. The highest BCUT2D eigenvalue weighted by molar-refractivity contribution is 6.31. The molecule has 0 atom stereocenters. The molecule has 0 unspecified atom stereocenters. The van der Waals surface area contributed by atoms with Crippen LogP contribution in [0.2, 0.25) is 5.02 Å². The first-order valence-corrected chi connectivity index (χ1v) is 6.92. The standard InChI is InChI=1S/C15H14ClN3O2/c1-15(14(17)21)7-19(8-15)13(20)11-4-5-18-12-6-9(16)2-3-10(11)12/h2-6H,7-8H2,1H3,(H2,17,21). The predicted molar refractivity (Wildman–Crippen MR) is 80.0 cm³/mol. The maximum Gasteiger partial charge on any atom is 0.254 e. The fourth-order valence-electron chi connectivity index (χ4n) is 2.57. The summed E-state index contributed by atoms with van der Waals surface area (Å²) in [6.07, 6.45) is 1.58. The van der Waals surface area contributed by atoms with E-state index in [4.69, 9.17) is 17.3 Å². The van der Waals surface area contributed by atoms with Gasteiger partial charge in [0, 0.05) is 29.7 Å². The van der Waals surface area contributed by atoms with Crippen molar-refractivity contribution in [3.05, 3.63) is 41.0 Å². The number of likely N-dealkylation sites (tertiary alicyclic amines) is 1. The lowest BCUT2D eigenvalue weighted by Gasteiger charge is -2.45. The number of aromatic nitrogens is 1. The van der Waals surface area contributed by atoms with Gasteiger partial charge in [0.1, 0.15) is 0 Å². The number of benzene rings is 1. The Morgan fingerprint density at radius 2 is 2.05 bits per heavy atom. The van der Waals surface area contributed by atoms with Crippen LogP contribution in [0.4, 0.5) is 0 Å². The Morgan fingerprint density at radius 3 is 2.71 bits per heavy atom. The molecule has 0 radical (unpaired) electrons. The van der Waals surface area contributed by atoms with Crippen molar-refractivity contribution in [2.24, 2.45) is 11.1 Å². The van der Waals surface area contributed by atoms with Crippen LogP contribution >= 0.6 is 11.6 Å². The molecule has 2 N–H and O–H groups in total. The van der Waals surface area contributed by atoms with Crippen LogP contribution in [0.5, 0.6) is 0 Å². The highest BCUT2D eigenvalue weighted by Gasteiger charge is 2.46. The van der Waals surface area contributed by atoms with E-state index in [1.54, 1.807) is 42.3 Å². The number of hydrogen-bond acceptors (Lipinski definition) is 3. The van der Waals surface area contributed by atoms with Crippen LogP contribution in [0.3, 0.4) is 0 Å². The van der Waals surface area contributed by atoms with E-state index >= 15 is 0 Å². The van der Waals surface area contributed by atoms with E-state index in [9.17, 15) is 9.59 Å². The molecule has 21 heavy (non-hydrogen) atoms. The summed E-state index contributed by atoms with van der Waals surface area (Å²) < 4.78 is 0. The van der Waals surface area contributed by atoms with Crippen LogP contribution in [-0.4, -0.2) is 34.8 Å². The van der Waals surface area contributed by atoms with Gasteiger partial charge in [0.2, 0.25) is 5.91 Å². The van der Waals surface area contributed by atoms with Crippen molar-refractivity contribution in [3.8, 4) is 0 Å². The third-order valence-corrected chi connectivity index (χ3v) is 4.13. The van der Waals surface area contributed by atoms with Crippen molar-refractivity contribution < 1.29 is 9.59 Å². The van der Waals surface area contributed by atoms with Crippen LogP contribution < -0.4 is 5.73 Å². The van der Waals surface area contributed by atoms with Gasteiger partial charge in [-0.1, -0.05) is 17.7 Å². The third kappa shape index (κ3) is 2.23. The lowest BCUT2D eigenvalue weighted by atomic mass is 9.81. The smallest absolute Gasteiger partial charge is 0.254 e. The molecule has 6 heteroatoms. The van der Waals surface area contributed by atoms with Gasteiger partial charge in [-0.05, 0) is 25.1 Å². The van der Waals surface area contributed by atoms with Gasteiger partial charge in [0.25, 0.3) is 5.91 Å². The van der Waals surface area contributed by atoms with Crippen LogP contribution in [0.25, 0.3) is 10.9 Å². The molecule has 2 amide bonds. The molecule has 5 nitrogen and oxygen atoms in total. The number of rotatable bonds is 2. The van der Waals surface area contributed by atoms with Crippen LogP contribution in [0.15, 0.2) is 30.5 Å². The second-order valence-corrected chi connectivity index (χ2v) is 6.04. The number of nitrogens with two attached hydrogens (primary N) is 1. The van der Waals surface area contributed by atoms with Crippen molar-refractivity contribution in [1.82, 2.24) is 9.88 Å². The first-order valence-electron chi connectivity index (χ1n) is 6.54. The predicted octanol–water partition coefficient (Wildman–Crippen LogP) is 1.84. The number of fused-ring (bicyclic) bond motifs is 1. The quantitative estimate of drug-likeness (QED) is 0.919. The summed E-state index contributed by atoms with van der Waals surface area (Å²) in [5.74, 6) is -0.499. The van der Waals surface area contributed by atoms with Crippen molar-refractivity contribution in [2.75, 3.05) is 13.1 Å². The van der Waals surface area contributed by atoms with Gasteiger partial charge >= 0.3 is 0 Å². The Kier molecular flexibility index (Phi) is 3.10. The Bertz CT molecular complexity index is 754. The third-order valence-electron chi connectivity index (χ3n) is 3.90. The fraction of sp³-hybridized carbons (Fsp3) is 0.267. The first-order chi connectivity index (χ1) is 9.90. The largest absolute Gasteiger partial charge is 0.369 e. The zero-order chi connectivity index (χ0) is 15.2. The summed E-state index contributed by atoms with van der Waals surface area (Å²) in [6, 6.07) is 6.91. The molecule has 1 aromatic carbocycles. The second-order valence-electron chi connectivity index (χ2n) is 5.61. The highest BCUT2D eigenvalue weighted by atomic mass is 35.5. The minimum absolute atomic E-state index is 0.122. The number of amides is 2. The summed E-state index contributed by atoms with van der Waals surface area (Å²) in [7, 11) is 0. The Balaban J connectivity index is 1.92. The SMILES string of the molecule is CC1(C(N)=O)CN(C(=O)c2ccnc3cc(Cl)ccc23)C1. The first kappa shape index (κ1) is 13.8. The number of halogens is 1. The Labute approximate surface area is 126 Å². The number of pyridine rings is 1. The average molecular weight is 304 g/mol. The molecule has 3 rings (SSSR count). The summed E-state index contributed by atoms with van der Waals surface area (Å²) in [4.78, 5) is 29.7. The zero-order valence-electron chi connectivity index (χ0n) is 11.5. The van der Waals surface area contributed by atoms with Crippen LogP contribution in [-0.2, 0) is 4.79 Å². The van der Waals surface area contributed by atoms with Crippen molar-refractivity contribution >= 4 is 34.3 Å². The maximum absolute atomic E-state index is 12.5. The van der Waals surface area contributed by atoms with E-state index in [0.717, 1.165) is 5.39 Å². The van der Waals surface area contributed by atoms with Crippen LogP contribution in [0, 0.1) is 5.41 Å². The van der Waals surface area contributed by atoms with E-state index in [1.807, 2.05) is 0 Å². The van der Waals surface area contributed by atoms with Crippen molar-refractivity contribution in [3.63, 3.8) is 0 Å².